The van der Waals surface area contributed by atoms with E-state index in [0.717, 1.165) is 24.7 Å². The summed E-state index contributed by atoms with van der Waals surface area (Å²) < 4.78 is 26.5. The number of piperidine rings is 1. The zero-order valence-electron chi connectivity index (χ0n) is 13.9. The van der Waals surface area contributed by atoms with E-state index in [4.69, 9.17) is 0 Å². The van der Waals surface area contributed by atoms with Gasteiger partial charge in [-0.3, -0.25) is 4.79 Å². The summed E-state index contributed by atoms with van der Waals surface area (Å²) in [6.07, 6.45) is 7.93. The Morgan fingerprint density at radius 1 is 1.36 bits per heavy atom. The molecule has 1 unspecified atom stereocenters. The summed E-state index contributed by atoms with van der Waals surface area (Å²) in [6, 6.07) is 2.98. The molecule has 1 N–H and O–H groups in total. The molecule has 9 nitrogen and oxygen atoms in total. The fourth-order valence-electron chi connectivity index (χ4n) is 2.85. The smallest absolute Gasteiger partial charge is 0.238 e. The number of hydrogen-bond donors (Lipinski definition) is 1. The Balaban J connectivity index is 1.61. The Labute approximate surface area is 146 Å². The molecule has 1 aliphatic heterocycles. The first-order chi connectivity index (χ1) is 11.9. The average molecular weight is 364 g/mol. The summed E-state index contributed by atoms with van der Waals surface area (Å²) in [7, 11) is -3.39. The number of carbonyl (C=O) groups excluding carboxylic acids is 1. The van der Waals surface area contributed by atoms with E-state index < -0.39 is 16.1 Å². The molecule has 1 fully saturated rings. The standard InChI is InChI=1S/C15H20N6O3S/c1-25(23,24)21-7-3-2-4-13(21)15(22)18-9-12-5-6-14(17-8-12)20-11-16-10-19-20/h5-6,8,10-11,13H,2-4,7,9H2,1H3,(H,18,22). The van der Waals surface area contributed by atoms with Crippen LogP contribution in [0.2, 0.25) is 0 Å². The Kier molecular flexibility index (Phi) is 5.09. The number of sulfonamides is 1. The van der Waals surface area contributed by atoms with Gasteiger partial charge in [-0.15, -0.1) is 0 Å². The van der Waals surface area contributed by atoms with Crippen molar-refractivity contribution in [1.29, 1.82) is 0 Å². The molecule has 1 amide bonds. The van der Waals surface area contributed by atoms with Gasteiger partial charge in [0.2, 0.25) is 15.9 Å². The minimum atomic E-state index is -3.39. The third-order valence-electron chi connectivity index (χ3n) is 4.11. The van der Waals surface area contributed by atoms with Gasteiger partial charge >= 0.3 is 0 Å². The quantitative estimate of drug-likeness (QED) is 0.805. The van der Waals surface area contributed by atoms with E-state index in [0.29, 0.717) is 18.8 Å². The van der Waals surface area contributed by atoms with Gasteiger partial charge in [-0.2, -0.15) is 9.40 Å². The molecule has 0 aromatic carbocycles. The number of aromatic nitrogens is 4. The van der Waals surface area contributed by atoms with Crippen molar-refractivity contribution in [2.45, 2.75) is 31.8 Å². The number of hydrogen-bond acceptors (Lipinski definition) is 6. The molecule has 134 valence electrons. The van der Waals surface area contributed by atoms with Crippen LogP contribution in [0.1, 0.15) is 24.8 Å². The molecule has 0 radical (unpaired) electrons. The lowest BCUT2D eigenvalue weighted by molar-refractivity contribution is -0.125. The van der Waals surface area contributed by atoms with Crippen LogP contribution in [0.15, 0.2) is 31.0 Å². The number of nitrogens with one attached hydrogen (secondary N) is 1. The van der Waals surface area contributed by atoms with Gasteiger partial charge in [-0.05, 0) is 24.5 Å². The molecule has 1 aliphatic rings. The summed E-state index contributed by atoms with van der Waals surface area (Å²) in [5, 5.41) is 6.80. The van der Waals surface area contributed by atoms with Gasteiger partial charge in [0.25, 0.3) is 0 Å². The molecule has 10 heteroatoms. The SMILES string of the molecule is CS(=O)(=O)N1CCCCC1C(=O)NCc1ccc(-n2cncn2)nc1. The van der Waals surface area contributed by atoms with E-state index in [1.165, 1.54) is 15.3 Å². The van der Waals surface area contributed by atoms with Crippen LogP contribution in [0.25, 0.3) is 5.82 Å². The van der Waals surface area contributed by atoms with Gasteiger partial charge in [0, 0.05) is 19.3 Å². The Hall–Kier alpha value is -2.33. The van der Waals surface area contributed by atoms with Crippen molar-refractivity contribution in [2.24, 2.45) is 0 Å². The van der Waals surface area contributed by atoms with Gasteiger partial charge in [-0.25, -0.2) is 23.1 Å². The molecule has 1 atom stereocenters. The largest absolute Gasteiger partial charge is 0.351 e. The Morgan fingerprint density at radius 2 is 2.20 bits per heavy atom. The van der Waals surface area contributed by atoms with Gasteiger partial charge in [0.15, 0.2) is 5.82 Å². The molecule has 0 aliphatic carbocycles. The van der Waals surface area contributed by atoms with E-state index in [-0.39, 0.29) is 12.5 Å². The van der Waals surface area contributed by atoms with Crippen LogP contribution in [0, 0.1) is 0 Å². The fourth-order valence-corrected chi connectivity index (χ4v) is 3.98. The number of pyridine rings is 1. The highest BCUT2D eigenvalue weighted by atomic mass is 32.2. The van der Waals surface area contributed by atoms with Gasteiger partial charge < -0.3 is 5.32 Å². The van der Waals surface area contributed by atoms with E-state index in [2.05, 4.69) is 20.4 Å². The molecule has 2 aromatic rings. The zero-order valence-corrected chi connectivity index (χ0v) is 14.7. The molecule has 2 aromatic heterocycles. The highest BCUT2D eigenvalue weighted by molar-refractivity contribution is 7.88. The van der Waals surface area contributed by atoms with Crippen molar-refractivity contribution >= 4 is 15.9 Å². The first kappa shape index (κ1) is 17.5. The molecule has 3 heterocycles. The molecule has 1 saturated heterocycles. The number of amides is 1. The third kappa shape index (κ3) is 4.20. The lowest BCUT2D eigenvalue weighted by Crippen LogP contribution is -2.51. The van der Waals surface area contributed by atoms with E-state index in [9.17, 15) is 13.2 Å². The Morgan fingerprint density at radius 3 is 2.84 bits per heavy atom. The predicted octanol–water partition coefficient (Wildman–Crippen LogP) is 0.0926. The Bertz CT molecular complexity index is 819. The highest BCUT2D eigenvalue weighted by Gasteiger charge is 2.34. The minimum absolute atomic E-state index is 0.273. The van der Waals surface area contributed by atoms with Crippen molar-refractivity contribution in [3.05, 3.63) is 36.5 Å². The van der Waals surface area contributed by atoms with Crippen LogP contribution in [0.5, 0.6) is 0 Å². The van der Waals surface area contributed by atoms with Crippen molar-refractivity contribution in [1.82, 2.24) is 29.4 Å². The second-order valence-electron chi connectivity index (χ2n) is 5.97. The van der Waals surface area contributed by atoms with Gasteiger partial charge in [0.1, 0.15) is 18.7 Å². The van der Waals surface area contributed by atoms with Crippen LogP contribution >= 0.6 is 0 Å². The van der Waals surface area contributed by atoms with E-state index in [1.54, 1.807) is 18.6 Å². The van der Waals surface area contributed by atoms with Gasteiger partial charge in [0.05, 0.1) is 6.26 Å². The fraction of sp³-hybridized carbons (Fsp3) is 0.467. The maximum atomic E-state index is 12.4. The van der Waals surface area contributed by atoms with Crippen molar-refractivity contribution in [3.63, 3.8) is 0 Å². The number of rotatable bonds is 5. The summed E-state index contributed by atoms with van der Waals surface area (Å²) in [5.74, 6) is 0.355. The highest BCUT2D eigenvalue weighted by Crippen LogP contribution is 2.20. The van der Waals surface area contributed by atoms with E-state index >= 15 is 0 Å². The topological polar surface area (TPSA) is 110 Å². The van der Waals surface area contributed by atoms with Crippen molar-refractivity contribution in [3.8, 4) is 5.82 Å². The number of nitrogens with zero attached hydrogens (tertiary/aromatic N) is 5. The van der Waals surface area contributed by atoms with Crippen LogP contribution < -0.4 is 5.32 Å². The lowest BCUT2D eigenvalue weighted by atomic mass is 10.0. The van der Waals surface area contributed by atoms with Crippen LogP contribution in [0.3, 0.4) is 0 Å². The maximum Gasteiger partial charge on any atom is 0.238 e. The second kappa shape index (κ2) is 7.28. The zero-order chi connectivity index (χ0) is 17.9. The third-order valence-corrected chi connectivity index (χ3v) is 5.40. The molecule has 0 spiro atoms. The van der Waals surface area contributed by atoms with E-state index in [1.807, 2.05) is 6.07 Å². The second-order valence-corrected chi connectivity index (χ2v) is 7.90. The van der Waals surface area contributed by atoms with Crippen LogP contribution in [-0.4, -0.2) is 57.2 Å². The van der Waals surface area contributed by atoms with Crippen molar-refractivity contribution in [2.75, 3.05) is 12.8 Å². The van der Waals surface area contributed by atoms with Crippen molar-refractivity contribution < 1.29 is 13.2 Å². The molecular formula is C15H20N6O3S. The first-order valence-corrected chi connectivity index (χ1v) is 9.84. The maximum absolute atomic E-state index is 12.4. The van der Waals surface area contributed by atoms with Gasteiger partial charge in [-0.1, -0.05) is 12.5 Å². The minimum Gasteiger partial charge on any atom is -0.351 e. The molecular weight excluding hydrogens is 344 g/mol. The molecule has 0 bridgehead atoms. The summed E-state index contributed by atoms with van der Waals surface area (Å²) in [5.41, 5.74) is 0.818. The lowest BCUT2D eigenvalue weighted by Gasteiger charge is -2.32. The average Bonchev–Trinajstić information content (AvgIpc) is 3.14. The molecule has 0 saturated carbocycles. The molecule has 25 heavy (non-hydrogen) atoms. The monoisotopic (exact) mass is 364 g/mol. The summed E-state index contributed by atoms with van der Waals surface area (Å²) in [4.78, 5) is 20.6. The van der Waals surface area contributed by atoms with Crippen LogP contribution in [-0.2, 0) is 21.4 Å². The predicted molar refractivity (Wildman–Crippen MR) is 90.2 cm³/mol. The normalized spacial score (nSPS) is 18.8. The summed E-state index contributed by atoms with van der Waals surface area (Å²) >= 11 is 0. The first-order valence-electron chi connectivity index (χ1n) is 7.99. The van der Waals surface area contributed by atoms with Crippen LogP contribution in [0.4, 0.5) is 0 Å². The molecule has 3 rings (SSSR count). The number of carbonyl (C=O) groups is 1. The summed E-state index contributed by atoms with van der Waals surface area (Å²) in [6.45, 7) is 0.683.